The third-order valence-electron chi connectivity index (χ3n) is 4.02. The lowest BCUT2D eigenvalue weighted by molar-refractivity contribution is -0.143. The zero-order valence-electron chi connectivity index (χ0n) is 12.5. The van der Waals surface area contributed by atoms with Crippen LogP contribution in [0.1, 0.15) is 25.7 Å². The second kappa shape index (κ2) is 8.34. The first-order chi connectivity index (χ1) is 10.5. The van der Waals surface area contributed by atoms with Gasteiger partial charge < -0.3 is 10.0 Å². The van der Waals surface area contributed by atoms with E-state index < -0.39 is 43.8 Å². The van der Waals surface area contributed by atoms with Gasteiger partial charge in [0.05, 0.1) is 17.4 Å². The Bertz CT molecular complexity index is 563. The zero-order chi connectivity index (χ0) is 17.7. The van der Waals surface area contributed by atoms with Crippen molar-refractivity contribution in [3.8, 4) is 0 Å². The molecule has 1 fully saturated rings. The van der Waals surface area contributed by atoms with Gasteiger partial charge >= 0.3 is 26.4 Å². The van der Waals surface area contributed by atoms with Crippen LogP contribution < -0.4 is 0 Å². The number of halogens is 2. The maximum absolute atomic E-state index is 12.6. The number of carboxylic acid groups (broad SMARTS) is 1. The van der Waals surface area contributed by atoms with E-state index in [4.69, 9.17) is 5.11 Å². The molecule has 0 amide bonds. The summed E-state index contributed by atoms with van der Waals surface area (Å²) in [6, 6.07) is 0. The lowest BCUT2D eigenvalue weighted by atomic mass is 9.82. The summed E-state index contributed by atoms with van der Waals surface area (Å²) in [7, 11) is -9.39. The summed E-state index contributed by atoms with van der Waals surface area (Å²) in [5, 5.41) is 8.93. The number of aliphatic carboxylic acids is 1. The number of carboxylic acids is 1. The van der Waals surface area contributed by atoms with Crippen LogP contribution in [0.25, 0.3) is 0 Å². The van der Waals surface area contributed by atoms with E-state index in [1.165, 1.54) is 4.90 Å². The Balaban J connectivity index is 2.56. The quantitative estimate of drug-likeness (QED) is 0.591. The molecule has 0 spiro atoms. The smallest absolute Gasteiger partial charge is 0.306 e. The van der Waals surface area contributed by atoms with Crippen molar-refractivity contribution in [3.05, 3.63) is 0 Å². The fraction of sp³-hybridized carbons (Fsp3) is 0.917. The third kappa shape index (κ3) is 9.16. The highest BCUT2D eigenvalue weighted by molar-refractivity contribution is 7.86. The Kier molecular flexibility index (Phi) is 7.33. The van der Waals surface area contributed by atoms with Crippen LogP contribution in [0.2, 0.25) is 0 Å². The molecule has 0 aromatic rings. The Morgan fingerprint density at radius 3 is 1.74 bits per heavy atom. The molecular weight excluding hydrogens is 356 g/mol. The minimum Gasteiger partial charge on any atom is -0.481 e. The van der Waals surface area contributed by atoms with Gasteiger partial charge in [-0.15, -0.1) is 7.77 Å². The zero-order valence-corrected chi connectivity index (χ0v) is 14.2. The highest BCUT2D eigenvalue weighted by Crippen LogP contribution is 2.29. The minimum absolute atomic E-state index is 0.0511. The maximum Gasteiger partial charge on any atom is 0.306 e. The van der Waals surface area contributed by atoms with Crippen molar-refractivity contribution in [2.75, 3.05) is 31.1 Å². The highest BCUT2D eigenvalue weighted by Gasteiger charge is 2.27. The summed E-state index contributed by atoms with van der Waals surface area (Å²) in [5.74, 6) is -2.78. The van der Waals surface area contributed by atoms with Gasteiger partial charge in [0.25, 0.3) is 0 Å². The molecule has 0 saturated heterocycles. The van der Waals surface area contributed by atoms with Gasteiger partial charge in [0, 0.05) is 19.6 Å². The molecule has 0 heterocycles. The fourth-order valence-corrected chi connectivity index (χ4v) is 3.68. The molecule has 0 aromatic heterocycles. The van der Waals surface area contributed by atoms with Crippen LogP contribution in [0.4, 0.5) is 7.77 Å². The van der Waals surface area contributed by atoms with Crippen LogP contribution in [-0.2, 0) is 25.2 Å². The Hall–Kier alpha value is -0.810. The topological polar surface area (TPSA) is 109 Å². The largest absolute Gasteiger partial charge is 0.481 e. The van der Waals surface area contributed by atoms with E-state index in [0.717, 1.165) is 0 Å². The van der Waals surface area contributed by atoms with E-state index in [2.05, 4.69) is 0 Å². The molecule has 0 atom stereocenters. The van der Waals surface area contributed by atoms with Crippen LogP contribution in [0, 0.1) is 11.8 Å². The van der Waals surface area contributed by atoms with E-state index in [1.54, 1.807) is 0 Å². The maximum atomic E-state index is 12.6. The molecule has 1 saturated carbocycles. The molecule has 0 bridgehead atoms. The molecular formula is C12H21F2NO6S2. The Labute approximate surface area is 135 Å². The van der Waals surface area contributed by atoms with Gasteiger partial charge in [-0.2, -0.15) is 16.8 Å². The van der Waals surface area contributed by atoms with Gasteiger partial charge in [0.15, 0.2) is 0 Å². The predicted molar refractivity (Wildman–Crippen MR) is 79.3 cm³/mol. The number of rotatable bonds is 9. The van der Waals surface area contributed by atoms with Crippen LogP contribution in [-0.4, -0.2) is 64.0 Å². The summed E-state index contributed by atoms with van der Waals surface area (Å²) in [6.45, 7) is -0.169. The van der Waals surface area contributed by atoms with Crippen LogP contribution >= 0.6 is 0 Å². The van der Waals surface area contributed by atoms with Gasteiger partial charge in [-0.3, -0.25) is 4.79 Å². The second-order valence-electron chi connectivity index (χ2n) is 5.84. The van der Waals surface area contributed by atoms with Gasteiger partial charge in [-0.1, -0.05) is 0 Å². The fourth-order valence-electron chi connectivity index (χ4n) is 2.73. The normalized spacial score (nSPS) is 23.1. The van der Waals surface area contributed by atoms with E-state index in [1.807, 2.05) is 0 Å². The van der Waals surface area contributed by atoms with Crippen molar-refractivity contribution in [2.45, 2.75) is 25.7 Å². The number of hydrogen-bond acceptors (Lipinski definition) is 6. The first-order valence-electron chi connectivity index (χ1n) is 7.26. The molecule has 0 unspecified atom stereocenters. The number of hydrogen-bond donors (Lipinski definition) is 1. The first kappa shape index (κ1) is 20.2. The molecule has 23 heavy (non-hydrogen) atoms. The predicted octanol–water partition coefficient (Wildman–Crippen LogP) is 0.778. The molecule has 1 aliphatic rings. The van der Waals surface area contributed by atoms with E-state index in [0.29, 0.717) is 25.7 Å². The SMILES string of the molecule is O=C(O)[C@H]1CC[C@H](CN(CCS(=O)(=O)F)CCS(=O)(=O)F)CC1. The van der Waals surface area contributed by atoms with Gasteiger partial charge in [0.1, 0.15) is 0 Å². The van der Waals surface area contributed by atoms with Crippen molar-refractivity contribution in [1.82, 2.24) is 4.90 Å². The molecule has 0 radical (unpaired) electrons. The first-order valence-corrected chi connectivity index (χ1v) is 10.4. The molecule has 1 N–H and O–H groups in total. The third-order valence-corrected chi connectivity index (χ3v) is 5.36. The molecule has 7 nitrogen and oxygen atoms in total. The summed E-state index contributed by atoms with van der Waals surface area (Å²) < 4.78 is 67.6. The summed E-state index contributed by atoms with van der Waals surface area (Å²) in [4.78, 5) is 12.3. The molecule has 0 aromatic carbocycles. The van der Waals surface area contributed by atoms with Crippen molar-refractivity contribution in [1.29, 1.82) is 0 Å². The van der Waals surface area contributed by atoms with Crippen molar-refractivity contribution >= 4 is 26.4 Å². The summed E-state index contributed by atoms with van der Waals surface area (Å²) in [5.41, 5.74) is 0. The number of carbonyl (C=O) groups is 1. The van der Waals surface area contributed by atoms with Gasteiger partial charge in [-0.25, -0.2) is 0 Å². The summed E-state index contributed by atoms with van der Waals surface area (Å²) >= 11 is 0. The Morgan fingerprint density at radius 1 is 0.957 bits per heavy atom. The average Bonchev–Trinajstić information content (AvgIpc) is 2.40. The molecule has 11 heteroatoms. The summed E-state index contributed by atoms with van der Waals surface area (Å²) in [6.07, 6.45) is 2.16. The molecule has 0 aliphatic heterocycles. The average molecular weight is 377 g/mol. The van der Waals surface area contributed by atoms with Gasteiger partial charge in [-0.05, 0) is 31.6 Å². The lowest BCUT2D eigenvalue weighted by Gasteiger charge is -2.31. The van der Waals surface area contributed by atoms with Crippen LogP contribution in [0.3, 0.4) is 0 Å². The van der Waals surface area contributed by atoms with E-state index >= 15 is 0 Å². The standard InChI is InChI=1S/C12H21F2NO6S2/c13-22(18,19)7-5-15(6-8-23(14,20)21)9-10-1-3-11(4-2-10)12(16)17/h10-11H,1-9H2,(H,16,17)/t10-,11-. The van der Waals surface area contributed by atoms with Crippen molar-refractivity contribution in [3.63, 3.8) is 0 Å². The van der Waals surface area contributed by atoms with Crippen molar-refractivity contribution < 1.29 is 34.5 Å². The van der Waals surface area contributed by atoms with E-state index in [-0.39, 0.29) is 25.6 Å². The molecule has 1 aliphatic carbocycles. The second-order valence-corrected chi connectivity index (χ2v) is 8.81. The van der Waals surface area contributed by atoms with Crippen molar-refractivity contribution in [2.24, 2.45) is 11.8 Å². The van der Waals surface area contributed by atoms with Crippen LogP contribution in [0.15, 0.2) is 0 Å². The van der Waals surface area contributed by atoms with E-state index in [9.17, 15) is 29.4 Å². The minimum atomic E-state index is -4.70. The van der Waals surface area contributed by atoms with Crippen LogP contribution in [0.5, 0.6) is 0 Å². The molecule has 136 valence electrons. The monoisotopic (exact) mass is 377 g/mol. The number of nitrogens with zero attached hydrogens (tertiary/aromatic N) is 1. The highest BCUT2D eigenvalue weighted by atomic mass is 32.3. The van der Waals surface area contributed by atoms with Gasteiger partial charge in [0.2, 0.25) is 0 Å². The molecule has 1 rings (SSSR count). The lowest BCUT2D eigenvalue weighted by Crippen LogP contribution is -2.37. The Morgan fingerprint density at radius 2 is 1.39 bits per heavy atom.